The molecular formula is C24H21ClN2O3. The predicted molar refractivity (Wildman–Crippen MR) is 116 cm³/mol. The fourth-order valence-corrected chi connectivity index (χ4v) is 3.32. The third-order valence-corrected chi connectivity index (χ3v) is 5.15. The molecule has 2 aromatic carbocycles. The van der Waals surface area contributed by atoms with E-state index in [0.717, 1.165) is 22.0 Å². The molecular weight excluding hydrogens is 400 g/mol. The number of esters is 1. The Kier molecular flexibility index (Phi) is 5.81. The van der Waals surface area contributed by atoms with Crippen molar-refractivity contribution >= 4 is 28.5 Å². The van der Waals surface area contributed by atoms with Gasteiger partial charge in [-0.1, -0.05) is 53.6 Å². The number of aryl methyl sites for hydroxylation is 3. The van der Waals surface area contributed by atoms with Crippen molar-refractivity contribution in [3.63, 3.8) is 0 Å². The van der Waals surface area contributed by atoms with E-state index in [-0.39, 0.29) is 19.0 Å². The lowest BCUT2D eigenvalue weighted by Crippen LogP contribution is -2.06. The Morgan fingerprint density at radius 2 is 1.83 bits per heavy atom. The number of ether oxygens (including phenoxy) is 1. The molecule has 0 unspecified atom stereocenters. The Balaban J connectivity index is 1.33. The average Bonchev–Trinajstić information content (AvgIpc) is 3.20. The number of oxazole rings is 1. The monoisotopic (exact) mass is 420 g/mol. The number of benzene rings is 2. The van der Waals surface area contributed by atoms with Gasteiger partial charge in [0.25, 0.3) is 0 Å². The van der Waals surface area contributed by atoms with Crippen molar-refractivity contribution < 1.29 is 13.9 Å². The third-order valence-electron chi connectivity index (χ3n) is 4.82. The highest BCUT2D eigenvalue weighted by atomic mass is 35.5. The zero-order valence-electron chi connectivity index (χ0n) is 16.8. The van der Waals surface area contributed by atoms with Crippen molar-refractivity contribution in [2.24, 2.45) is 0 Å². The summed E-state index contributed by atoms with van der Waals surface area (Å²) in [6.07, 6.45) is 2.22. The van der Waals surface area contributed by atoms with Crippen LogP contribution in [0.1, 0.15) is 29.0 Å². The number of carbonyl (C=O) groups excluding carboxylic acids is 1. The maximum Gasteiger partial charge on any atom is 0.306 e. The zero-order valence-corrected chi connectivity index (χ0v) is 17.6. The Hall–Kier alpha value is -3.18. The van der Waals surface area contributed by atoms with Crippen LogP contribution in [0, 0.1) is 13.8 Å². The molecule has 0 bridgehead atoms. The predicted octanol–water partition coefficient (Wildman–Crippen LogP) is 5.84. The van der Waals surface area contributed by atoms with Crippen molar-refractivity contribution in [1.29, 1.82) is 0 Å². The van der Waals surface area contributed by atoms with Crippen LogP contribution in [-0.2, 0) is 22.6 Å². The van der Waals surface area contributed by atoms with Crippen LogP contribution in [0.2, 0.25) is 5.15 Å². The summed E-state index contributed by atoms with van der Waals surface area (Å²) >= 11 is 6.26. The number of carbonyl (C=O) groups is 1. The lowest BCUT2D eigenvalue weighted by atomic mass is 10.1. The highest BCUT2D eigenvalue weighted by Crippen LogP contribution is 2.23. The average molecular weight is 421 g/mol. The molecule has 0 saturated heterocycles. The van der Waals surface area contributed by atoms with Crippen molar-refractivity contribution in [2.75, 3.05) is 0 Å². The molecule has 0 N–H and O–H groups in total. The molecule has 2 heterocycles. The number of hydrogen-bond acceptors (Lipinski definition) is 5. The van der Waals surface area contributed by atoms with Gasteiger partial charge in [0, 0.05) is 22.9 Å². The van der Waals surface area contributed by atoms with Gasteiger partial charge in [-0.3, -0.25) is 4.79 Å². The number of hydrogen-bond donors (Lipinski definition) is 0. The number of pyridine rings is 1. The molecule has 5 nitrogen and oxygen atoms in total. The quantitative estimate of drug-likeness (QED) is 0.290. The molecule has 0 radical (unpaired) electrons. The molecule has 152 valence electrons. The van der Waals surface area contributed by atoms with Crippen LogP contribution >= 0.6 is 11.6 Å². The topological polar surface area (TPSA) is 65.2 Å². The first-order valence-corrected chi connectivity index (χ1v) is 10.1. The molecule has 4 aromatic rings. The summed E-state index contributed by atoms with van der Waals surface area (Å²) in [4.78, 5) is 20.8. The molecule has 30 heavy (non-hydrogen) atoms. The van der Waals surface area contributed by atoms with Gasteiger partial charge in [-0.15, -0.1) is 0 Å². The van der Waals surface area contributed by atoms with Crippen molar-refractivity contribution in [2.45, 2.75) is 33.3 Å². The van der Waals surface area contributed by atoms with E-state index in [1.165, 1.54) is 5.56 Å². The third kappa shape index (κ3) is 4.69. The minimum absolute atomic E-state index is 0.0781. The summed E-state index contributed by atoms with van der Waals surface area (Å²) < 4.78 is 11.1. The SMILES string of the molecule is Cc1ccc(-c2cnc(CCC(=O)OCc3cc4ccc(C)cc4nc3Cl)o2)cc1. The molecule has 4 rings (SSSR count). The standard InChI is InChI=1S/C24H21ClN2O3/c1-15-3-6-17(7-4-15)21-13-26-22(30-21)9-10-23(28)29-14-19-12-18-8-5-16(2)11-20(18)27-24(19)25/h3-8,11-13H,9-10,14H2,1-2H3. The van der Waals surface area contributed by atoms with Gasteiger partial charge in [0.05, 0.1) is 18.1 Å². The fourth-order valence-electron chi connectivity index (χ4n) is 3.12. The molecule has 6 heteroatoms. The second-order valence-electron chi connectivity index (χ2n) is 7.28. The Labute approximate surface area is 179 Å². The maximum absolute atomic E-state index is 12.2. The van der Waals surface area contributed by atoms with Crippen LogP contribution < -0.4 is 0 Å². The number of halogens is 1. The molecule has 2 aromatic heterocycles. The first-order valence-electron chi connectivity index (χ1n) is 9.71. The van der Waals surface area contributed by atoms with Crippen molar-refractivity contribution in [1.82, 2.24) is 9.97 Å². The zero-order chi connectivity index (χ0) is 21.1. The van der Waals surface area contributed by atoms with Gasteiger partial charge < -0.3 is 9.15 Å². The first-order chi connectivity index (χ1) is 14.5. The summed E-state index contributed by atoms with van der Waals surface area (Å²) in [6.45, 7) is 4.11. The highest BCUT2D eigenvalue weighted by Gasteiger charge is 2.12. The molecule has 0 aliphatic rings. The maximum atomic E-state index is 12.2. The highest BCUT2D eigenvalue weighted by molar-refractivity contribution is 6.30. The summed E-state index contributed by atoms with van der Waals surface area (Å²) in [5.41, 5.74) is 4.75. The van der Waals surface area contributed by atoms with Gasteiger partial charge in [-0.2, -0.15) is 0 Å². The minimum atomic E-state index is -0.342. The molecule has 0 fully saturated rings. The Bertz CT molecular complexity index is 1200. The second-order valence-corrected chi connectivity index (χ2v) is 7.64. The van der Waals surface area contributed by atoms with E-state index >= 15 is 0 Å². The van der Waals surface area contributed by atoms with Crippen molar-refractivity contribution in [3.05, 3.63) is 82.5 Å². The van der Waals surface area contributed by atoms with Gasteiger partial charge >= 0.3 is 5.97 Å². The normalized spacial score (nSPS) is 11.0. The van der Waals surface area contributed by atoms with Gasteiger partial charge in [0.1, 0.15) is 11.8 Å². The largest absolute Gasteiger partial charge is 0.461 e. The summed E-state index contributed by atoms with van der Waals surface area (Å²) in [6, 6.07) is 15.9. The summed E-state index contributed by atoms with van der Waals surface area (Å²) in [7, 11) is 0. The van der Waals surface area contributed by atoms with E-state index in [0.29, 0.717) is 28.8 Å². The number of fused-ring (bicyclic) bond motifs is 1. The van der Waals surface area contributed by atoms with E-state index in [9.17, 15) is 4.79 Å². The molecule has 0 aliphatic heterocycles. The molecule has 0 spiro atoms. The Morgan fingerprint density at radius 3 is 2.63 bits per heavy atom. The summed E-state index contributed by atoms with van der Waals surface area (Å²) in [5, 5.41) is 1.30. The fraction of sp³-hybridized carbons (Fsp3) is 0.208. The van der Waals surface area contributed by atoms with Crippen LogP contribution in [0.15, 0.2) is 59.1 Å². The second kappa shape index (κ2) is 8.67. The van der Waals surface area contributed by atoms with E-state index in [1.807, 2.05) is 62.4 Å². The van der Waals surface area contributed by atoms with Gasteiger partial charge in [0.15, 0.2) is 11.7 Å². The van der Waals surface area contributed by atoms with E-state index < -0.39 is 0 Å². The van der Waals surface area contributed by atoms with Crippen molar-refractivity contribution in [3.8, 4) is 11.3 Å². The van der Waals surface area contributed by atoms with E-state index in [1.54, 1.807) is 6.20 Å². The number of aromatic nitrogens is 2. The van der Waals surface area contributed by atoms with E-state index in [4.69, 9.17) is 20.8 Å². The van der Waals surface area contributed by atoms with E-state index in [2.05, 4.69) is 9.97 Å². The van der Waals surface area contributed by atoms with Crippen LogP contribution in [0.25, 0.3) is 22.2 Å². The molecule has 0 amide bonds. The van der Waals surface area contributed by atoms with Crippen LogP contribution in [0.3, 0.4) is 0 Å². The van der Waals surface area contributed by atoms with Crippen LogP contribution in [0.4, 0.5) is 0 Å². The Morgan fingerprint density at radius 1 is 1.07 bits per heavy atom. The smallest absolute Gasteiger partial charge is 0.306 e. The van der Waals surface area contributed by atoms with Crippen LogP contribution in [0.5, 0.6) is 0 Å². The molecule has 0 atom stereocenters. The van der Waals surface area contributed by atoms with Gasteiger partial charge in [0.2, 0.25) is 0 Å². The minimum Gasteiger partial charge on any atom is -0.461 e. The lowest BCUT2D eigenvalue weighted by molar-refractivity contribution is -0.145. The van der Waals surface area contributed by atoms with Gasteiger partial charge in [-0.25, -0.2) is 9.97 Å². The lowest BCUT2D eigenvalue weighted by Gasteiger charge is -2.08. The molecule has 0 aliphatic carbocycles. The first kappa shape index (κ1) is 20.1. The van der Waals surface area contributed by atoms with Gasteiger partial charge in [-0.05, 0) is 31.5 Å². The number of rotatable bonds is 6. The number of nitrogens with zero attached hydrogens (tertiary/aromatic N) is 2. The van der Waals surface area contributed by atoms with Crippen LogP contribution in [-0.4, -0.2) is 15.9 Å². The summed E-state index contributed by atoms with van der Waals surface area (Å²) in [5.74, 6) is 0.844. The molecule has 0 saturated carbocycles.